The summed E-state index contributed by atoms with van der Waals surface area (Å²) in [6.07, 6.45) is 1.55. The molecule has 1 N–H and O–H groups in total. The predicted molar refractivity (Wildman–Crippen MR) is 77.4 cm³/mol. The smallest absolute Gasteiger partial charge is 0.275 e. The van der Waals surface area contributed by atoms with Crippen molar-refractivity contribution in [3.05, 3.63) is 51.2 Å². The summed E-state index contributed by atoms with van der Waals surface area (Å²) in [7, 11) is 1.52. The highest BCUT2D eigenvalue weighted by Crippen LogP contribution is 2.22. The van der Waals surface area contributed by atoms with Crippen LogP contribution < -0.4 is 10.2 Å². The van der Waals surface area contributed by atoms with E-state index >= 15 is 0 Å². The van der Waals surface area contributed by atoms with Crippen LogP contribution in [-0.2, 0) is 0 Å². The molecule has 0 saturated heterocycles. The third-order valence-electron chi connectivity index (χ3n) is 2.34. The number of hydrogen-bond acceptors (Lipinski definition) is 4. The van der Waals surface area contributed by atoms with Crippen molar-refractivity contribution >= 4 is 35.1 Å². The maximum absolute atomic E-state index is 11.8. The molecule has 1 aromatic heterocycles. The minimum atomic E-state index is -0.302. The Hall–Kier alpha value is -1.85. The Labute approximate surface area is 119 Å². The van der Waals surface area contributed by atoms with Crippen LogP contribution in [0.4, 0.5) is 0 Å². The molecule has 0 aliphatic carbocycles. The van der Waals surface area contributed by atoms with Crippen LogP contribution in [0, 0.1) is 0 Å². The molecule has 19 heavy (non-hydrogen) atoms. The van der Waals surface area contributed by atoms with Crippen LogP contribution in [0.3, 0.4) is 0 Å². The number of hydrogen-bond donors (Lipinski definition) is 1. The van der Waals surface area contributed by atoms with E-state index in [1.54, 1.807) is 29.1 Å². The second kappa shape index (κ2) is 6.36. The summed E-state index contributed by atoms with van der Waals surface area (Å²) in [5.41, 5.74) is 3.77. The lowest BCUT2D eigenvalue weighted by Crippen LogP contribution is -2.17. The summed E-state index contributed by atoms with van der Waals surface area (Å²) in [5, 5.41) is 8.02. The SMILES string of the molecule is COc1cscc1C(=O)N/N=C/c1ccc(Cl)cc1. The first-order valence-electron chi connectivity index (χ1n) is 5.40. The molecule has 6 heteroatoms. The molecule has 98 valence electrons. The van der Waals surface area contributed by atoms with Crippen molar-refractivity contribution in [2.24, 2.45) is 5.10 Å². The van der Waals surface area contributed by atoms with Gasteiger partial charge in [-0.05, 0) is 17.7 Å². The summed E-state index contributed by atoms with van der Waals surface area (Å²) < 4.78 is 5.07. The molecule has 1 heterocycles. The van der Waals surface area contributed by atoms with E-state index in [1.165, 1.54) is 18.4 Å². The first-order valence-corrected chi connectivity index (χ1v) is 6.72. The number of thiophene rings is 1. The standard InChI is InChI=1S/C13H11ClN2O2S/c1-18-12-8-19-7-11(12)13(17)16-15-6-9-2-4-10(14)5-3-9/h2-8H,1H3,(H,16,17)/b15-6+. The normalized spacial score (nSPS) is 10.6. The highest BCUT2D eigenvalue weighted by atomic mass is 35.5. The van der Waals surface area contributed by atoms with Gasteiger partial charge in [-0.15, -0.1) is 11.3 Å². The molecule has 2 aromatic rings. The molecule has 0 saturated carbocycles. The van der Waals surface area contributed by atoms with Gasteiger partial charge in [0.15, 0.2) is 0 Å². The molecule has 2 rings (SSSR count). The second-order valence-corrected chi connectivity index (χ2v) is 4.78. The molecule has 0 aliphatic heterocycles. The van der Waals surface area contributed by atoms with Crippen molar-refractivity contribution < 1.29 is 9.53 Å². The van der Waals surface area contributed by atoms with E-state index in [4.69, 9.17) is 16.3 Å². The zero-order valence-electron chi connectivity index (χ0n) is 10.1. The molecule has 4 nitrogen and oxygen atoms in total. The highest BCUT2D eigenvalue weighted by Gasteiger charge is 2.11. The van der Waals surface area contributed by atoms with Crippen molar-refractivity contribution in [1.82, 2.24) is 5.43 Å². The fraction of sp³-hybridized carbons (Fsp3) is 0.0769. The van der Waals surface area contributed by atoms with Gasteiger partial charge in [0.25, 0.3) is 5.91 Å². The zero-order valence-corrected chi connectivity index (χ0v) is 11.7. The Bertz CT molecular complexity index is 593. The van der Waals surface area contributed by atoms with Gasteiger partial charge in [0.2, 0.25) is 0 Å². The topological polar surface area (TPSA) is 50.7 Å². The largest absolute Gasteiger partial charge is 0.495 e. The highest BCUT2D eigenvalue weighted by molar-refractivity contribution is 7.08. The van der Waals surface area contributed by atoms with E-state index in [1.807, 2.05) is 12.1 Å². The lowest BCUT2D eigenvalue weighted by Gasteiger charge is -2.00. The van der Waals surface area contributed by atoms with Gasteiger partial charge in [-0.25, -0.2) is 5.43 Å². The molecule has 0 fully saturated rings. The molecule has 0 radical (unpaired) electrons. The molecule has 0 atom stereocenters. The number of hydrazone groups is 1. The van der Waals surface area contributed by atoms with E-state index in [0.29, 0.717) is 16.3 Å². The van der Waals surface area contributed by atoms with Crippen LogP contribution in [0.5, 0.6) is 5.75 Å². The predicted octanol–water partition coefficient (Wildman–Crippen LogP) is 3.17. The van der Waals surface area contributed by atoms with Crippen LogP contribution in [0.2, 0.25) is 5.02 Å². The van der Waals surface area contributed by atoms with Gasteiger partial charge in [0.05, 0.1) is 18.9 Å². The first-order chi connectivity index (χ1) is 9.20. The van der Waals surface area contributed by atoms with Crippen LogP contribution >= 0.6 is 22.9 Å². The van der Waals surface area contributed by atoms with Gasteiger partial charge in [-0.1, -0.05) is 23.7 Å². The fourth-order valence-electron chi connectivity index (χ4n) is 1.38. The third kappa shape index (κ3) is 3.56. The molecule has 0 unspecified atom stereocenters. The number of carbonyl (C=O) groups is 1. The summed E-state index contributed by atoms with van der Waals surface area (Å²) in [4.78, 5) is 11.8. The number of methoxy groups -OCH3 is 1. The lowest BCUT2D eigenvalue weighted by atomic mass is 10.2. The molecule has 0 bridgehead atoms. The number of nitrogens with zero attached hydrogens (tertiary/aromatic N) is 1. The number of amides is 1. The number of rotatable bonds is 4. The second-order valence-electron chi connectivity index (χ2n) is 3.60. The molecule has 0 spiro atoms. The van der Waals surface area contributed by atoms with E-state index < -0.39 is 0 Å². The third-order valence-corrected chi connectivity index (χ3v) is 3.31. The molecule has 0 aliphatic rings. The maximum Gasteiger partial charge on any atom is 0.275 e. The van der Waals surface area contributed by atoms with Crippen molar-refractivity contribution in [2.75, 3.05) is 7.11 Å². The van der Waals surface area contributed by atoms with Gasteiger partial charge in [-0.3, -0.25) is 4.79 Å². The van der Waals surface area contributed by atoms with Crippen LogP contribution in [-0.4, -0.2) is 19.2 Å². The molecule has 1 amide bonds. The van der Waals surface area contributed by atoms with E-state index in [2.05, 4.69) is 10.5 Å². The summed E-state index contributed by atoms with van der Waals surface area (Å²) in [6.45, 7) is 0. The summed E-state index contributed by atoms with van der Waals surface area (Å²) >= 11 is 7.17. The Morgan fingerprint density at radius 3 is 2.79 bits per heavy atom. The van der Waals surface area contributed by atoms with Crippen LogP contribution in [0.25, 0.3) is 0 Å². The van der Waals surface area contributed by atoms with Gasteiger partial charge in [-0.2, -0.15) is 5.10 Å². The fourth-order valence-corrected chi connectivity index (χ4v) is 2.28. The zero-order chi connectivity index (χ0) is 13.7. The van der Waals surface area contributed by atoms with Crippen molar-refractivity contribution in [2.45, 2.75) is 0 Å². The van der Waals surface area contributed by atoms with Crippen LogP contribution in [0.15, 0.2) is 40.1 Å². The number of halogens is 1. The Morgan fingerprint density at radius 2 is 2.11 bits per heavy atom. The molecule has 1 aromatic carbocycles. The van der Waals surface area contributed by atoms with Gasteiger partial charge in [0, 0.05) is 15.8 Å². The maximum atomic E-state index is 11.8. The number of carbonyl (C=O) groups excluding carboxylic acids is 1. The molecular formula is C13H11ClN2O2S. The monoisotopic (exact) mass is 294 g/mol. The minimum absolute atomic E-state index is 0.302. The van der Waals surface area contributed by atoms with Crippen LogP contribution in [0.1, 0.15) is 15.9 Å². The van der Waals surface area contributed by atoms with Crippen molar-refractivity contribution in [1.29, 1.82) is 0 Å². The minimum Gasteiger partial charge on any atom is -0.495 e. The van der Waals surface area contributed by atoms with Gasteiger partial charge in [0.1, 0.15) is 5.75 Å². The lowest BCUT2D eigenvalue weighted by molar-refractivity contribution is 0.0952. The number of ether oxygens (including phenoxy) is 1. The van der Waals surface area contributed by atoms with Gasteiger partial charge < -0.3 is 4.74 Å². The summed E-state index contributed by atoms with van der Waals surface area (Å²) in [6, 6.07) is 7.13. The van der Waals surface area contributed by atoms with E-state index in [-0.39, 0.29) is 5.91 Å². The van der Waals surface area contributed by atoms with Crippen molar-refractivity contribution in [3.63, 3.8) is 0 Å². The summed E-state index contributed by atoms with van der Waals surface area (Å²) in [5.74, 6) is 0.243. The van der Waals surface area contributed by atoms with E-state index in [0.717, 1.165) is 5.56 Å². The average molecular weight is 295 g/mol. The van der Waals surface area contributed by atoms with Gasteiger partial charge >= 0.3 is 0 Å². The first kappa shape index (κ1) is 13.6. The molecular weight excluding hydrogens is 284 g/mol. The number of nitrogens with one attached hydrogen (secondary N) is 1. The average Bonchev–Trinajstić information content (AvgIpc) is 2.89. The van der Waals surface area contributed by atoms with Crippen molar-refractivity contribution in [3.8, 4) is 5.75 Å². The number of benzene rings is 1. The Morgan fingerprint density at radius 1 is 1.37 bits per heavy atom. The van der Waals surface area contributed by atoms with E-state index in [9.17, 15) is 4.79 Å². The quantitative estimate of drug-likeness (QED) is 0.695. The Kier molecular flexibility index (Phi) is 4.54. The Balaban J connectivity index is 1.99.